The Morgan fingerprint density at radius 3 is 2.40 bits per heavy atom. The molecule has 0 amide bonds. The first kappa shape index (κ1) is 30.4. The van der Waals surface area contributed by atoms with Crippen LogP contribution in [-0.2, 0) is 17.4 Å². The summed E-state index contributed by atoms with van der Waals surface area (Å²) in [6.07, 6.45) is -5.30. The fourth-order valence-corrected chi connectivity index (χ4v) is 6.53. The van der Waals surface area contributed by atoms with Crippen LogP contribution in [-0.4, -0.2) is 24.0 Å². The molecule has 4 aromatic rings. The third-order valence-corrected chi connectivity index (χ3v) is 8.31. The minimum Gasteiger partial charge on any atom is -0.491 e. The number of hydrogen-bond acceptors (Lipinski definition) is 5. The number of halogens is 5. The molecule has 0 fully saturated rings. The molecule has 5 rings (SSSR count). The van der Waals surface area contributed by atoms with Crippen LogP contribution in [0.3, 0.4) is 0 Å². The predicted molar refractivity (Wildman–Crippen MR) is 157 cm³/mol. The van der Waals surface area contributed by atoms with Crippen molar-refractivity contribution in [1.82, 2.24) is 10.0 Å². The van der Waals surface area contributed by atoms with E-state index in [4.69, 9.17) is 9.57 Å². The van der Waals surface area contributed by atoms with Crippen LogP contribution in [0.1, 0.15) is 34.7 Å². The van der Waals surface area contributed by atoms with Gasteiger partial charge >= 0.3 is 6.18 Å². The lowest BCUT2D eigenvalue weighted by atomic mass is 9.92. The van der Waals surface area contributed by atoms with Crippen molar-refractivity contribution in [2.75, 3.05) is 19.5 Å². The molecule has 0 radical (unpaired) electrons. The molecule has 1 aliphatic heterocycles. The first-order chi connectivity index (χ1) is 20.6. The van der Waals surface area contributed by atoms with Gasteiger partial charge in [-0.2, -0.15) is 13.2 Å². The first-order valence-corrected chi connectivity index (χ1v) is 14.3. The second-order valence-electron chi connectivity index (χ2n) is 9.70. The zero-order valence-corrected chi connectivity index (χ0v) is 24.3. The van der Waals surface area contributed by atoms with E-state index in [1.807, 2.05) is 6.07 Å². The lowest BCUT2D eigenvalue weighted by Crippen LogP contribution is -2.26. The molecule has 0 aliphatic carbocycles. The van der Waals surface area contributed by atoms with Crippen molar-refractivity contribution < 1.29 is 31.5 Å². The molecule has 2 heterocycles. The summed E-state index contributed by atoms with van der Waals surface area (Å²) in [4.78, 5) is 19.6. The third kappa shape index (κ3) is 5.66. The second kappa shape index (κ2) is 12.3. The van der Waals surface area contributed by atoms with Crippen molar-refractivity contribution in [3.8, 4) is 16.9 Å². The van der Waals surface area contributed by atoms with Crippen LogP contribution in [0.15, 0.2) is 76.6 Å². The molecule has 0 unspecified atom stereocenters. The van der Waals surface area contributed by atoms with E-state index in [0.29, 0.717) is 22.0 Å². The maximum Gasteiger partial charge on any atom is 0.416 e. The van der Waals surface area contributed by atoms with Gasteiger partial charge in [0, 0.05) is 28.9 Å². The summed E-state index contributed by atoms with van der Waals surface area (Å²) >= 11 is 1.23. The number of hydroxylamine groups is 1. The van der Waals surface area contributed by atoms with Crippen LogP contribution in [0, 0.1) is 18.6 Å². The Morgan fingerprint density at radius 1 is 1.00 bits per heavy atom. The highest BCUT2D eigenvalue weighted by Crippen LogP contribution is 2.43. The topological polar surface area (TPSA) is 52.5 Å². The number of aromatic nitrogens is 1. The summed E-state index contributed by atoms with van der Waals surface area (Å²) in [7, 11) is 1.41. The zero-order valence-electron chi connectivity index (χ0n) is 23.4. The number of nitrogens with one attached hydrogen (secondary N) is 1. The number of ether oxygens (including phenoxy) is 1. The van der Waals surface area contributed by atoms with Gasteiger partial charge in [-0.15, -0.1) is 11.8 Å². The second-order valence-corrected chi connectivity index (χ2v) is 10.7. The quantitative estimate of drug-likeness (QED) is 0.163. The van der Waals surface area contributed by atoms with Crippen LogP contribution in [0.4, 0.5) is 22.0 Å². The van der Waals surface area contributed by atoms with Gasteiger partial charge in [0.05, 0.1) is 41.3 Å². The molecule has 43 heavy (non-hydrogen) atoms. The Bertz CT molecular complexity index is 1770. The number of rotatable bonds is 8. The lowest BCUT2D eigenvalue weighted by Gasteiger charge is -2.21. The molecule has 224 valence electrons. The highest BCUT2D eigenvalue weighted by Gasteiger charge is 2.36. The van der Waals surface area contributed by atoms with E-state index in [2.05, 4.69) is 5.48 Å². The molecule has 0 saturated heterocycles. The summed E-state index contributed by atoms with van der Waals surface area (Å²) < 4.78 is 79.7. The SMILES string of the molecule is CCOc1cccc(-c2c(C)c(Cc3c(F)cccc3C(F)(F)F)c3n(c2=O)C(=C(NOC)c2ccccc2)CS3)c1F. The number of fused-ring (bicyclic) bond motifs is 1. The molecule has 5 nitrogen and oxygen atoms in total. The van der Waals surface area contributed by atoms with Crippen LogP contribution in [0.25, 0.3) is 22.5 Å². The third-order valence-electron chi connectivity index (χ3n) is 7.19. The maximum absolute atomic E-state index is 15.8. The molecule has 1 aliphatic rings. The molecule has 0 atom stereocenters. The zero-order chi connectivity index (χ0) is 30.9. The summed E-state index contributed by atoms with van der Waals surface area (Å²) in [6, 6.07) is 16.2. The van der Waals surface area contributed by atoms with Crippen molar-refractivity contribution in [1.29, 1.82) is 0 Å². The number of alkyl halides is 3. The van der Waals surface area contributed by atoms with Crippen molar-refractivity contribution in [3.05, 3.63) is 117 Å². The highest BCUT2D eigenvalue weighted by atomic mass is 32.2. The largest absolute Gasteiger partial charge is 0.491 e. The molecule has 1 aromatic heterocycles. The van der Waals surface area contributed by atoms with Gasteiger partial charge in [-0.25, -0.2) is 8.78 Å². The van der Waals surface area contributed by atoms with E-state index < -0.39 is 40.9 Å². The van der Waals surface area contributed by atoms with E-state index in [-0.39, 0.29) is 40.4 Å². The van der Waals surface area contributed by atoms with Crippen LogP contribution in [0.5, 0.6) is 5.75 Å². The number of benzene rings is 3. The van der Waals surface area contributed by atoms with Gasteiger partial charge in [-0.05, 0) is 43.2 Å². The standard InChI is InChI=1S/C32H27F5N2O3S/c1-4-42-26-15-8-12-20(28(26)34)27-18(2)21(16-22-23(32(35,36)37)13-9-14-24(22)33)31-39(30(27)40)25(17-43-31)29(38-41-3)19-10-6-5-7-11-19/h5-15,38H,4,16-17H2,1-3H3. The highest BCUT2D eigenvalue weighted by molar-refractivity contribution is 8.00. The molecular weight excluding hydrogens is 587 g/mol. The number of nitrogens with zero attached hydrogens (tertiary/aromatic N) is 1. The Balaban J connectivity index is 1.86. The first-order valence-electron chi connectivity index (χ1n) is 13.3. The maximum atomic E-state index is 15.8. The van der Waals surface area contributed by atoms with Crippen LogP contribution < -0.4 is 15.8 Å². The van der Waals surface area contributed by atoms with Gasteiger partial charge in [0.15, 0.2) is 11.6 Å². The van der Waals surface area contributed by atoms with E-state index in [0.717, 1.165) is 18.2 Å². The van der Waals surface area contributed by atoms with Crippen LogP contribution in [0.2, 0.25) is 0 Å². The van der Waals surface area contributed by atoms with Crippen molar-refractivity contribution in [2.24, 2.45) is 0 Å². The van der Waals surface area contributed by atoms with Gasteiger partial charge < -0.3 is 4.74 Å². The Labute approximate surface area is 248 Å². The Kier molecular flexibility index (Phi) is 8.66. The normalized spacial score (nSPS) is 14.0. The number of pyridine rings is 1. The molecule has 3 aromatic carbocycles. The summed E-state index contributed by atoms with van der Waals surface area (Å²) in [5.41, 5.74) is 2.52. The van der Waals surface area contributed by atoms with Gasteiger partial charge in [0.1, 0.15) is 5.82 Å². The van der Waals surface area contributed by atoms with Crippen molar-refractivity contribution >= 4 is 23.2 Å². The lowest BCUT2D eigenvalue weighted by molar-refractivity contribution is -0.138. The molecular formula is C32H27F5N2O3S. The van der Waals surface area contributed by atoms with Crippen molar-refractivity contribution in [3.63, 3.8) is 0 Å². The molecule has 0 saturated carbocycles. The summed E-state index contributed by atoms with van der Waals surface area (Å²) in [6.45, 7) is 3.41. The number of hydrogen-bond donors (Lipinski definition) is 1. The smallest absolute Gasteiger partial charge is 0.416 e. The predicted octanol–water partition coefficient (Wildman–Crippen LogP) is 7.69. The summed E-state index contributed by atoms with van der Waals surface area (Å²) in [5.74, 6) is -1.66. The van der Waals surface area contributed by atoms with Gasteiger partial charge in [0.2, 0.25) is 0 Å². The average Bonchev–Trinajstić information content (AvgIpc) is 3.41. The van der Waals surface area contributed by atoms with Gasteiger partial charge in [-0.3, -0.25) is 19.7 Å². The fraction of sp³-hybridized carbons (Fsp3) is 0.219. The van der Waals surface area contributed by atoms with Gasteiger partial charge in [-0.1, -0.05) is 48.5 Å². The van der Waals surface area contributed by atoms with Gasteiger partial charge in [0.25, 0.3) is 5.56 Å². The average molecular weight is 615 g/mol. The molecule has 0 bridgehead atoms. The van der Waals surface area contributed by atoms with E-state index in [1.54, 1.807) is 38.1 Å². The molecule has 11 heteroatoms. The Morgan fingerprint density at radius 2 is 1.72 bits per heavy atom. The van der Waals surface area contributed by atoms with Crippen LogP contribution >= 0.6 is 11.8 Å². The van der Waals surface area contributed by atoms with E-state index >= 15 is 8.78 Å². The van der Waals surface area contributed by atoms with E-state index in [1.165, 1.54) is 41.6 Å². The molecule has 0 spiro atoms. The minimum atomic E-state index is -4.82. The Hall–Kier alpha value is -4.09. The number of thioether (sulfide) groups is 1. The monoisotopic (exact) mass is 614 g/mol. The fourth-order valence-electron chi connectivity index (χ4n) is 5.26. The molecule has 1 N–H and O–H groups in total. The summed E-state index contributed by atoms with van der Waals surface area (Å²) in [5, 5.41) is 0.338. The van der Waals surface area contributed by atoms with E-state index in [9.17, 15) is 18.0 Å². The minimum absolute atomic E-state index is 0.0625. The van der Waals surface area contributed by atoms with Crippen molar-refractivity contribution in [2.45, 2.75) is 31.5 Å².